The second kappa shape index (κ2) is 25.0. The van der Waals surface area contributed by atoms with E-state index in [9.17, 15) is 10.2 Å². The fourth-order valence-corrected chi connectivity index (χ4v) is 12.0. The van der Waals surface area contributed by atoms with Gasteiger partial charge in [0.15, 0.2) is 11.3 Å². The number of benzene rings is 2. The van der Waals surface area contributed by atoms with Gasteiger partial charge in [-0.25, -0.2) is 9.03 Å². The Hall–Kier alpha value is -5.68. The topological polar surface area (TPSA) is 189 Å². The van der Waals surface area contributed by atoms with E-state index in [2.05, 4.69) is 97.0 Å². The molecule has 0 spiro atoms. The molecular formula is C55H68BrCl2N15O4. The second-order valence-electron chi connectivity index (χ2n) is 20.4. The van der Waals surface area contributed by atoms with Crippen LogP contribution in [-0.2, 0) is 34.4 Å². The monoisotopic (exact) mass is 1150 g/mol. The number of hydrogen-bond donors (Lipinski definition) is 4. The summed E-state index contributed by atoms with van der Waals surface area (Å²) in [5.41, 5.74) is 6.23. The first kappa shape index (κ1) is 54.7. The van der Waals surface area contributed by atoms with E-state index in [-0.39, 0.29) is 16.9 Å². The minimum atomic E-state index is -0.497. The molecule has 3 saturated heterocycles. The molecule has 2 aromatic carbocycles. The van der Waals surface area contributed by atoms with Crippen molar-refractivity contribution in [2.75, 3.05) is 94.3 Å². The van der Waals surface area contributed by atoms with Gasteiger partial charge in [-0.2, -0.15) is 20.2 Å². The van der Waals surface area contributed by atoms with Gasteiger partial charge >= 0.3 is 0 Å². The van der Waals surface area contributed by atoms with Crippen molar-refractivity contribution >= 4 is 79.4 Å². The van der Waals surface area contributed by atoms with Gasteiger partial charge in [-0.15, -0.1) is 10.2 Å². The Bertz CT molecular complexity index is 3140. The number of nitrogens with one attached hydrogen (secondary N) is 2. The first-order valence-corrected chi connectivity index (χ1v) is 28.1. The third kappa shape index (κ3) is 13.1. The summed E-state index contributed by atoms with van der Waals surface area (Å²) >= 11 is 15.7. The van der Waals surface area contributed by atoms with Crippen LogP contribution in [0.2, 0.25) is 10.0 Å². The van der Waals surface area contributed by atoms with Crippen molar-refractivity contribution in [3.8, 4) is 0 Å². The molecule has 19 nitrogen and oxygen atoms in total. The lowest BCUT2D eigenvalue weighted by atomic mass is 9.66. The average molecular weight is 1150 g/mol. The van der Waals surface area contributed by atoms with E-state index < -0.39 is 6.10 Å². The largest absolute Gasteiger partial charge is 0.391 e. The molecule has 8 aromatic rings. The number of aliphatic hydroxyl groups is 2. The van der Waals surface area contributed by atoms with E-state index in [4.69, 9.17) is 37.7 Å². The van der Waals surface area contributed by atoms with Crippen LogP contribution in [0.1, 0.15) is 56.1 Å². The van der Waals surface area contributed by atoms with E-state index in [1.165, 1.54) is 24.8 Å². The molecule has 3 aliphatic heterocycles. The summed E-state index contributed by atoms with van der Waals surface area (Å²) in [5.74, 6) is 1.07. The summed E-state index contributed by atoms with van der Waals surface area (Å²) < 4.78 is 18.8. The number of ether oxygens (including phenoxy) is 2. The molecule has 4 N–H and O–H groups in total. The summed E-state index contributed by atoms with van der Waals surface area (Å²) in [5, 5.41) is 47.8. The van der Waals surface area contributed by atoms with Crippen LogP contribution in [0.25, 0.3) is 11.3 Å². The maximum atomic E-state index is 11.7. The number of hydrogen-bond acceptors (Lipinski definition) is 15. The highest BCUT2D eigenvalue weighted by Crippen LogP contribution is 2.44. The fourth-order valence-electron chi connectivity index (χ4n) is 11.3. The molecule has 2 atom stereocenters. The molecule has 4 fully saturated rings. The molecule has 0 radical (unpaired) electrons. The van der Waals surface area contributed by atoms with Crippen LogP contribution < -0.4 is 15.5 Å². The highest BCUT2D eigenvalue weighted by Gasteiger charge is 2.44. The lowest BCUT2D eigenvalue weighted by Gasteiger charge is -2.47. The summed E-state index contributed by atoms with van der Waals surface area (Å²) in [7, 11) is 3.73. The predicted octanol–water partition coefficient (Wildman–Crippen LogP) is 8.30. The van der Waals surface area contributed by atoms with Gasteiger partial charge < -0.3 is 35.2 Å². The maximum absolute atomic E-state index is 11.7. The van der Waals surface area contributed by atoms with Crippen molar-refractivity contribution in [3.63, 3.8) is 0 Å². The first-order valence-electron chi connectivity index (χ1n) is 26.5. The van der Waals surface area contributed by atoms with E-state index in [0.717, 1.165) is 128 Å². The van der Waals surface area contributed by atoms with E-state index in [1.54, 1.807) is 26.3 Å². The molecule has 2 unspecified atom stereocenters. The Morgan fingerprint density at radius 3 is 1.52 bits per heavy atom. The number of rotatable bonds is 13. The molecule has 12 rings (SSSR count). The molecule has 22 heteroatoms. The molecule has 9 heterocycles. The van der Waals surface area contributed by atoms with E-state index in [0.29, 0.717) is 36.7 Å². The molecule has 4 aliphatic rings. The average Bonchev–Trinajstić information content (AvgIpc) is 4.34. The van der Waals surface area contributed by atoms with Crippen molar-refractivity contribution in [2.24, 2.45) is 14.1 Å². The molecule has 6 aromatic heterocycles. The number of piperidine rings is 1. The number of halogens is 3. The van der Waals surface area contributed by atoms with Crippen LogP contribution in [-0.4, -0.2) is 160 Å². The third-order valence-corrected chi connectivity index (χ3v) is 16.6. The Balaban J connectivity index is 0.000000145. The van der Waals surface area contributed by atoms with Gasteiger partial charge in [0.2, 0.25) is 11.9 Å². The van der Waals surface area contributed by atoms with Gasteiger partial charge in [-0.1, -0.05) is 66.7 Å². The Morgan fingerprint density at radius 2 is 1.05 bits per heavy atom. The number of β-amino-alcohol motifs (C(OH)–C–C–N with tert-alkyl or cyclic N) is 2. The molecule has 1 saturated carbocycles. The third-order valence-electron chi connectivity index (χ3n) is 15.5. The van der Waals surface area contributed by atoms with Gasteiger partial charge in [0.25, 0.3) is 0 Å². The van der Waals surface area contributed by atoms with Crippen molar-refractivity contribution in [1.29, 1.82) is 0 Å². The quantitative estimate of drug-likeness (QED) is 0.0863. The number of aliphatic hydroxyl groups excluding tert-OH is 2. The van der Waals surface area contributed by atoms with Crippen molar-refractivity contribution in [2.45, 2.75) is 68.0 Å². The highest BCUT2D eigenvalue weighted by atomic mass is 79.9. The Labute approximate surface area is 467 Å². The number of fused-ring (bicyclic) bond motifs is 2. The molecule has 408 valence electrons. The van der Waals surface area contributed by atoms with E-state index in [1.807, 2.05) is 85.9 Å². The molecule has 0 amide bonds. The van der Waals surface area contributed by atoms with Crippen LogP contribution >= 0.6 is 39.1 Å². The lowest BCUT2D eigenvalue weighted by molar-refractivity contribution is -0.0157. The molecular weight excluding hydrogens is 1090 g/mol. The minimum absolute atomic E-state index is 0.110. The number of anilines is 5. The second-order valence-corrected chi connectivity index (χ2v) is 22.2. The van der Waals surface area contributed by atoms with Crippen molar-refractivity contribution < 1.29 is 19.7 Å². The Kier molecular flexibility index (Phi) is 17.7. The Morgan fingerprint density at radius 1 is 0.597 bits per heavy atom. The van der Waals surface area contributed by atoms with Gasteiger partial charge in [0.05, 0.1) is 72.6 Å². The van der Waals surface area contributed by atoms with E-state index >= 15 is 0 Å². The van der Waals surface area contributed by atoms with Gasteiger partial charge in [-0.3, -0.25) is 19.2 Å². The van der Waals surface area contributed by atoms with Crippen LogP contribution in [0.5, 0.6) is 0 Å². The van der Waals surface area contributed by atoms with Crippen molar-refractivity contribution in [1.82, 2.24) is 58.6 Å². The number of nitrogens with zero attached hydrogens (tertiary/aromatic N) is 13. The summed E-state index contributed by atoms with van der Waals surface area (Å²) in [4.78, 5) is 16.2. The molecule has 77 heavy (non-hydrogen) atoms. The standard InChI is InChI=1S/C27H33ClN8O2.C18H26ClNO2.C10H9BrN6/c1-33-18-22(17-29-33)30-26-31-25-23(3-2-10-36(25)32-26)35-11-8-27(9-12-35,20-4-6-21(28)7-5-20)24(37)19-34-13-15-38-16-14-34;19-16-6-4-15(5-7-16)18(8-2-1-3-9-18)17(21)14-20-10-12-22-13-11-20;1-16-6-7(5-12-16)13-10-14-9-8(11)3-2-4-17(9)15-10/h2-7,10,17-18,24,37H,8-9,11-16,19H2,1H3,(H,30,32);4-7,17,21H,1-3,8-14H2;2-6H,1H3,(H,13,15). The summed E-state index contributed by atoms with van der Waals surface area (Å²) in [6.07, 6.45) is 17.6. The van der Waals surface area contributed by atoms with Crippen molar-refractivity contribution in [3.05, 3.63) is 136 Å². The number of aromatic nitrogens is 10. The number of pyridine rings is 2. The summed E-state index contributed by atoms with van der Waals surface area (Å²) in [6, 6.07) is 24.1. The normalized spacial score (nSPS) is 18.7. The zero-order valence-electron chi connectivity index (χ0n) is 43.6. The van der Waals surface area contributed by atoms with Gasteiger partial charge in [-0.05, 0) is 101 Å². The first-order chi connectivity index (χ1) is 37.4. The number of morpholine rings is 2. The molecule has 1 aliphatic carbocycles. The zero-order valence-corrected chi connectivity index (χ0v) is 46.7. The smallest absolute Gasteiger partial charge is 0.247 e. The highest BCUT2D eigenvalue weighted by molar-refractivity contribution is 9.10. The predicted molar refractivity (Wildman–Crippen MR) is 304 cm³/mol. The van der Waals surface area contributed by atoms with Gasteiger partial charge in [0.1, 0.15) is 0 Å². The minimum Gasteiger partial charge on any atom is -0.391 e. The van der Waals surface area contributed by atoms with Crippen LogP contribution in [0, 0.1) is 0 Å². The maximum Gasteiger partial charge on any atom is 0.247 e. The number of aryl methyl sites for hydroxylation is 2. The van der Waals surface area contributed by atoms with Crippen LogP contribution in [0.4, 0.5) is 29.0 Å². The van der Waals surface area contributed by atoms with Crippen LogP contribution in [0.3, 0.4) is 0 Å². The molecule has 0 bridgehead atoms. The van der Waals surface area contributed by atoms with Gasteiger partial charge in [0, 0.05) is 112 Å². The fraction of sp³-hybridized carbons (Fsp3) is 0.455. The summed E-state index contributed by atoms with van der Waals surface area (Å²) in [6.45, 7) is 9.50. The van der Waals surface area contributed by atoms with Crippen LogP contribution in [0.15, 0.2) is 114 Å². The SMILES string of the molecule is Cn1cc(Nc2nc3c(Br)cccn3n2)cn1.Cn1cc(Nc2nc3c(N4CCC(c5ccc(Cl)cc5)(C(O)CN5CCOCC5)CC4)cccn3n2)cn1.OC(CN1CCOCC1)C1(c2ccc(Cl)cc2)CCCCC1. The lowest BCUT2D eigenvalue weighted by Crippen LogP contribution is -2.54. The zero-order chi connectivity index (χ0) is 53.4.